The van der Waals surface area contributed by atoms with Crippen molar-refractivity contribution in [3.8, 4) is 11.5 Å². The van der Waals surface area contributed by atoms with E-state index in [1.807, 2.05) is 29.2 Å². The van der Waals surface area contributed by atoms with Gasteiger partial charge in [-0.15, -0.1) is 0 Å². The zero-order valence-electron chi connectivity index (χ0n) is 19.9. The van der Waals surface area contributed by atoms with Crippen LogP contribution in [0.15, 0.2) is 42.5 Å². The molecule has 1 heterocycles. The molecule has 2 N–H and O–H groups in total. The third-order valence-electron chi connectivity index (χ3n) is 5.59. The fraction of sp³-hybridized carbons (Fsp3) is 0.500. The number of fused-ring (bicyclic) bond motifs is 1. The topological polar surface area (TPSA) is 79.5 Å². The summed E-state index contributed by atoms with van der Waals surface area (Å²) in [6.45, 7) is 8.11. The van der Waals surface area contributed by atoms with Crippen LogP contribution in [0.3, 0.4) is 0 Å². The average Bonchev–Trinajstić information content (AvgIpc) is 2.73. The van der Waals surface area contributed by atoms with Gasteiger partial charge in [0.2, 0.25) is 5.91 Å². The van der Waals surface area contributed by atoms with Gasteiger partial charge in [0.05, 0.1) is 26.4 Å². The maximum atomic E-state index is 12.9. The molecular weight excluding hydrogens is 406 g/mol. The van der Waals surface area contributed by atoms with Crippen molar-refractivity contribution in [2.45, 2.75) is 46.1 Å². The molecule has 32 heavy (non-hydrogen) atoms. The SMILES string of the molecule is COC[C@H]1c2ccc(OCCc3cccc(OC)c3)cc2CCN1C(=O)CC(C)(C)C.O. The Morgan fingerprint density at radius 1 is 1.09 bits per heavy atom. The van der Waals surface area contributed by atoms with E-state index in [1.165, 1.54) is 11.1 Å². The van der Waals surface area contributed by atoms with Gasteiger partial charge in [-0.2, -0.15) is 0 Å². The maximum Gasteiger partial charge on any atom is 0.223 e. The first-order valence-corrected chi connectivity index (χ1v) is 11.0. The molecule has 1 amide bonds. The Kier molecular flexibility index (Phi) is 9.10. The molecule has 2 aromatic rings. The van der Waals surface area contributed by atoms with E-state index >= 15 is 0 Å². The van der Waals surface area contributed by atoms with Crippen molar-refractivity contribution in [2.75, 3.05) is 34.0 Å². The van der Waals surface area contributed by atoms with Crippen molar-refractivity contribution >= 4 is 5.91 Å². The lowest BCUT2D eigenvalue weighted by atomic mass is 9.88. The number of methoxy groups -OCH3 is 2. The quantitative estimate of drug-likeness (QED) is 0.618. The van der Waals surface area contributed by atoms with E-state index in [4.69, 9.17) is 14.2 Å². The van der Waals surface area contributed by atoms with Crippen molar-refractivity contribution in [3.05, 3.63) is 59.2 Å². The molecule has 0 aliphatic carbocycles. The van der Waals surface area contributed by atoms with E-state index in [0.717, 1.165) is 29.9 Å². The molecule has 3 rings (SSSR count). The van der Waals surface area contributed by atoms with Crippen LogP contribution >= 0.6 is 0 Å². The summed E-state index contributed by atoms with van der Waals surface area (Å²) in [4.78, 5) is 14.9. The van der Waals surface area contributed by atoms with E-state index in [1.54, 1.807) is 14.2 Å². The molecule has 176 valence electrons. The predicted molar refractivity (Wildman–Crippen MR) is 126 cm³/mol. The smallest absolute Gasteiger partial charge is 0.223 e. The molecule has 1 aliphatic heterocycles. The molecule has 2 aromatic carbocycles. The van der Waals surface area contributed by atoms with Gasteiger partial charge < -0.3 is 24.6 Å². The molecule has 0 bridgehead atoms. The van der Waals surface area contributed by atoms with Gasteiger partial charge in [-0.1, -0.05) is 39.0 Å². The second kappa shape index (κ2) is 11.3. The van der Waals surface area contributed by atoms with Gasteiger partial charge in [-0.3, -0.25) is 4.79 Å². The summed E-state index contributed by atoms with van der Waals surface area (Å²) in [6.07, 6.45) is 2.18. The van der Waals surface area contributed by atoms with Gasteiger partial charge in [-0.25, -0.2) is 0 Å². The average molecular weight is 444 g/mol. The van der Waals surface area contributed by atoms with Crippen LogP contribution in [0.4, 0.5) is 0 Å². The van der Waals surface area contributed by atoms with E-state index in [-0.39, 0.29) is 22.8 Å². The molecule has 0 unspecified atom stereocenters. The standard InChI is InChI=1S/C26H35NO4.H2O/c1-26(2,3)17-25(28)27-13-11-20-16-22(9-10-23(20)24(27)18-29-4)31-14-12-19-7-6-8-21(15-19)30-5;/h6-10,15-16,24H,11-14,17-18H2,1-5H3;1H2/t24-;/m0./s1. The highest BCUT2D eigenvalue weighted by molar-refractivity contribution is 5.78. The lowest BCUT2D eigenvalue weighted by Crippen LogP contribution is -2.43. The molecule has 1 aliphatic rings. The summed E-state index contributed by atoms with van der Waals surface area (Å²) >= 11 is 0. The lowest BCUT2D eigenvalue weighted by Gasteiger charge is -2.38. The fourth-order valence-electron chi connectivity index (χ4n) is 4.08. The van der Waals surface area contributed by atoms with E-state index < -0.39 is 0 Å². The minimum Gasteiger partial charge on any atom is -0.497 e. The van der Waals surface area contributed by atoms with Gasteiger partial charge in [0.1, 0.15) is 11.5 Å². The summed E-state index contributed by atoms with van der Waals surface area (Å²) in [6, 6.07) is 14.2. The number of ether oxygens (including phenoxy) is 3. The van der Waals surface area contributed by atoms with Gasteiger partial charge in [-0.05, 0) is 52.8 Å². The molecule has 6 nitrogen and oxygen atoms in total. The number of amides is 1. The van der Waals surface area contributed by atoms with Crippen molar-refractivity contribution in [2.24, 2.45) is 5.41 Å². The van der Waals surface area contributed by atoms with Crippen LogP contribution in [-0.4, -0.2) is 50.3 Å². The molecule has 0 fully saturated rings. The Labute approximate surface area is 191 Å². The number of carbonyl (C=O) groups is 1. The molecule has 0 saturated carbocycles. The van der Waals surface area contributed by atoms with Gasteiger partial charge in [0, 0.05) is 26.5 Å². The third kappa shape index (κ3) is 6.71. The van der Waals surface area contributed by atoms with Crippen molar-refractivity contribution in [1.82, 2.24) is 4.90 Å². The van der Waals surface area contributed by atoms with Crippen LogP contribution in [-0.2, 0) is 22.4 Å². The monoisotopic (exact) mass is 443 g/mol. The first kappa shape index (κ1) is 25.7. The summed E-state index contributed by atoms with van der Waals surface area (Å²) in [5.41, 5.74) is 3.55. The lowest BCUT2D eigenvalue weighted by molar-refractivity contribution is -0.137. The Morgan fingerprint density at radius 2 is 1.88 bits per heavy atom. The minimum atomic E-state index is -0.0468. The Morgan fingerprint density at radius 3 is 2.56 bits per heavy atom. The van der Waals surface area contributed by atoms with Crippen LogP contribution in [0.1, 0.15) is 49.9 Å². The van der Waals surface area contributed by atoms with E-state index in [2.05, 4.69) is 39.0 Å². The Bertz CT molecular complexity index is 890. The fourth-order valence-corrected chi connectivity index (χ4v) is 4.08. The van der Waals surface area contributed by atoms with Gasteiger partial charge in [0.15, 0.2) is 0 Å². The summed E-state index contributed by atoms with van der Waals surface area (Å²) < 4.78 is 16.8. The summed E-state index contributed by atoms with van der Waals surface area (Å²) in [5.74, 6) is 1.92. The maximum absolute atomic E-state index is 12.9. The molecule has 6 heteroatoms. The first-order valence-electron chi connectivity index (χ1n) is 11.0. The molecule has 0 saturated heterocycles. The molecule has 0 aromatic heterocycles. The molecular formula is C26H37NO5. The highest BCUT2D eigenvalue weighted by Gasteiger charge is 2.32. The van der Waals surface area contributed by atoms with Crippen LogP contribution in [0, 0.1) is 5.41 Å². The third-order valence-corrected chi connectivity index (χ3v) is 5.59. The minimum absolute atomic E-state index is 0. The number of carbonyl (C=O) groups excluding carboxylic acids is 1. The first-order chi connectivity index (χ1) is 14.8. The summed E-state index contributed by atoms with van der Waals surface area (Å²) in [7, 11) is 3.37. The zero-order chi connectivity index (χ0) is 22.4. The zero-order valence-corrected chi connectivity index (χ0v) is 19.9. The van der Waals surface area contributed by atoms with Crippen molar-refractivity contribution < 1.29 is 24.5 Å². The van der Waals surface area contributed by atoms with E-state index in [0.29, 0.717) is 26.2 Å². The van der Waals surface area contributed by atoms with Crippen LogP contribution < -0.4 is 9.47 Å². The largest absolute Gasteiger partial charge is 0.497 e. The Balaban J connectivity index is 0.00000363. The highest BCUT2D eigenvalue weighted by atomic mass is 16.5. The number of hydrogen-bond donors (Lipinski definition) is 0. The number of nitrogens with zero attached hydrogens (tertiary/aromatic N) is 1. The highest BCUT2D eigenvalue weighted by Crippen LogP contribution is 2.34. The predicted octanol–water partition coefficient (Wildman–Crippen LogP) is 4.00. The van der Waals surface area contributed by atoms with Gasteiger partial charge in [0.25, 0.3) is 0 Å². The number of benzene rings is 2. The van der Waals surface area contributed by atoms with Crippen molar-refractivity contribution in [3.63, 3.8) is 0 Å². The second-order valence-corrected chi connectivity index (χ2v) is 9.36. The van der Waals surface area contributed by atoms with Crippen LogP contribution in [0.2, 0.25) is 0 Å². The molecule has 0 radical (unpaired) electrons. The summed E-state index contributed by atoms with van der Waals surface area (Å²) in [5, 5.41) is 0. The van der Waals surface area contributed by atoms with Crippen LogP contribution in [0.5, 0.6) is 11.5 Å². The second-order valence-electron chi connectivity index (χ2n) is 9.36. The normalized spacial score (nSPS) is 15.5. The van der Waals surface area contributed by atoms with Gasteiger partial charge >= 0.3 is 0 Å². The molecule has 0 spiro atoms. The number of rotatable bonds is 8. The number of hydrogen-bond acceptors (Lipinski definition) is 4. The van der Waals surface area contributed by atoms with Crippen molar-refractivity contribution in [1.29, 1.82) is 0 Å². The Hall–Kier alpha value is -2.57. The molecule has 1 atom stereocenters. The van der Waals surface area contributed by atoms with E-state index in [9.17, 15) is 4.79 Å². The van der Waals surface area contributed by atoms with Crippen LogP contribution in [0.25, 0.3) is 0 Å².